The maximum Gasteiger partial charge on any atom is 0.251 e. The predicted molar refractivity (Wildman–Crippen MR) is 75.1 cm³/mol. The van der Waals surface area contributed by atoms with Crippen molar-refractivity contribution in [2.75, 3.05) is 13.2 Å². The van der Waals surface area contributed by atoms with E-state index in [-0.39, 0.29) is 11.9 Å². The van der Waals surface area contributed by atoms with E-state index in [0.717, 1.165) is 31.4 Å². The van der Waals surface area contributed by atoms with E-state index in [4.69, 9.17) is 10.5 Å². The molecule has 1 fully saturated rings. The molecule has 1 saturated carbocycles. The monoisotopic (exact) mass is 262 g/mol. The summed E-state index contributed by atoms with van der Waals surface area (Å²) in [5, 5.41) is 3.04. The number of rotatable bonds is 6. The van der Waals surface area contributed by atoms with Gasteiger partial charge in [0.25, 0.3) is 5.91 Å². The summed E-state index contributed by atoms with van der Waals surface area (Å²) in [6.45, 7) is 3.34. The Hall–Kier alpha value is -1.39. The van der Waals surface area contributed by atoms with E-state index < -0.39 is 0 Å². The lowest BCUT2D eigenvalue weighted by atomic mass is 9.89. The first-order chi connectivity index (χ1) is 9.22. The molecule has 19 heavy (non-hydrogen) atoms. The van der Waals surface area contributed by atoms with Crippen molar-refractivity contribution < 1.29 is 9.53 Å². The van der Waals surface area contributed by atoms with Crippen molar-refractivity contribution in [3.05, 3.63) is 35.4 Å². The topological polar surface area (TPSA) is 64.3 Å². The minimum absolute atomic E-state index is 0.00109. The van der Waals surface area contributed by atoms with Crippen LogP contribution < -0.4 is 11.1 Å². The fraction of sp³-hybridized carbons (Fsp3) is 0.533. The van der Waals surface area contributed by atoms with Crippen LogP contribution in [0.4, 0.5) is 0 Å². The summed E-state index contributed by atoms with van der Waals surface area (Å²) in [5.74, 6) is -0.00109. The fourth-order valence-corrected chi connectivity index (χ4v) is 2.36. The van der Waals surface area contributed by atoms with Gasteiger partial charge in [-0.25, -0.2) is 0 Å². The Morgan fingerprint density at radius 1 is 1.47 bits per heavy atom. The van der Waals surface area contributed by atoms with Gasteiger partial charge < -0.3 is 15.8 Å². The molecule has 104 valence electrons. The van der Waals surface area contributed by atoms with E-state index in [1.165, 1.54) is 0 Å². The molecule has 0 aliphatic heterocycles. The molecule has 0 spiro atoms. The number of benzene rings is 1. The van der Waals surface area contributed by atoms with Gasteiger partial charge in [-0.05, 0) is 50.4 Å². The van der Waals surface area contributed by atoms with E-state index in [9.17, 15) is 4.79 Å². The van der Waals surface area contributed by atoms with Crippen LogP contribution in [0, 0.1) is 0 Å². The number of hydrogen-bond acceptors (Lipinski definition) is 3. The Balaban J connectivity index is 1.85. The second-order valence-corrected chi connectivity index (χ2v) is 4.96. The van der Waals surface area contributed by atoms with Crippen LogP contribution in [-0.2, 0) is 11.2 Å². The zero-order valence-electron chi connectivity index (χ0n) is 11.4. The fourth-order valence-electron chi connectivity index (χ4n) is 2.36. The van der Waals surface area contributed by atoms with E-state index in [1.54, 1.807) is 0 Å². The smallest absolute Gasteiger partial charge is 0.251 e. The summed E-state index contributed by atoms with van der Waals surface area (Å²) in [5.41, 5.74) is 7.35. The molecule has 1 aromatic rings. The molecule has 0 radical (unpaired) electrons. The first-order valence-corrected chi connectivity index (χ1v) is 6.94. The molecule has 1 amide bonds. The predicted octanol–water partition coefficient (Wildman–Crippen LogP) is 1.49. The van der Waals surface area contributed by atoms with Crippen LogP contribution in [0.2, 0.25) is 0 Å². The Labute approximate surface area is 114 Å². The third-order valence-corrected chi connectivity index (χ3v) is 3.45. The Morgan fingerprint density at radius 3 is 2.95 bits per heavy atom. The average molecular weight is 262 g/mol. The maximum atomic E-state index is 12.1. The number of ether oxygens (including phenoxy) is 1. The van der Waals surface area contributed by atoms with Crippen molar-refractivity contribution in [2.24, 2.45) is 5.73 Å². The molecule has 1 aliphatic rings. The van der Waals surface area contributed by atoms with Gasteiger partial charge in [-0.3, -0.25) is 4.79 Å². The van der Waals surface area contributed by atoms with Crippen molar-refractivity contribution >= 4 is 5.91 Å². The molecule has 4 nitrogen and oxygen atoms in total. The van der Waals surface area contributed by atoms with E-state index in [2.05, 4.69) is 5.32 Å². The molecule has 1 aromatic carbocycles. The van der Waals surface area contributed by atoms with Gasteiger partial charge in [0, 0.05) is 18.2 Å². The molecular weight excluding hydrogens is 240 g/mol. The zero-order valence-corrected chi connectivity index (χ0v) is 11.4. The third-order valence-electron chi connectivity index (χ3n) is 3.45. The molecule has 2 rings (SSSR count). The minimum atomic E-state index is -0.00109. The van der Waals surface area contributed by atoms with Crippen LogP contribution in [0.15, 0.2) is 24.3 Å². The number of nitrogens with one attached hydrogen (secondary N) is 1. The number of hydrogen-bond donors (Lipinski definition) is 2. The van der Waals surface area contributed by atoms with Crippen LogP contribution in [0.3, 0.4) is 0 Å². The average Bonchev–Trinajstić information content (AvgIpc) is 2.37. The van der Waals surface area contributed by atoms with Crippen LogP contribution in [0.25, 0.3) is 0 Å². The number of amides is 1. The van der Waals surface area contributed by atoms with E-state index in [1.807, 2.05) is 31.2 Å². The highest BCUT2D eigenvalue weighted by Crippen LogP contribution is 2.23. The Bertz CT molecular complexity index is 428. The first-order valence-electron chi connectivity index (χ1n) is 6.94. The van der Waals surface area contributed by atoms with Crippen molar-refractivity contribution in [3.8, 4) is 0 Å². The first kappa shape index (κ1) is 14.0. The summed E-state index contributed by atoms with van der Waals surface area (Å²) >= 11 is 0. The molecule has 0 aromatic heterocycles. The van der Waals surface area contributed by atoms with Crippen LogP contribution in [-0.4, -0.2) is 31.2 Å². The minimum Gasteiger partial charge on any atom is -0.378 e. The highest BCUT2D eigenvalue weighted by Gasteiger charge is 2.30. The third kappa shape index (κ3) is 3.78. The number of carbonyl (C=O) groups excluding carboxylic acids is 1. The largest absolute Gasteiger partial charge is 0.378 e. The number of nitrogens with two attached hydrogens (primary N) is 1. The Kier molecular flexibility index (Phi) is 4.93. The van der Waals surface area contributed by atoms with Gasteiger partial charge in [0.15, 0.2) is 0 Å². The summed E-state index contributed by atoms with van der Waals surface area (Å²) in [4.78, 5) is 12.1. The van der Waals surface area contributed by atoms with Gasteiger partial charge >= 0.3 is 0 Å². The van der Waals surface area contributed by atoms with Crippen molar-refractivity contribution in [3.63, 3.8) is 0 Å². The molecule has 0 bridgehead atoms. The van der Waals surface area contributed by atoms with Gasteiger partial charge in [-0.2, -0.15) is 0 Å². The highest BCUT2D eigenvalue weighted by molar-refractivity contribution is 5.94. The van der Waals surface area contributed by atoms with Crippen molar-refractivity contribution in [1.29, 1.82) is 0 Å². The molecule has 1 aliphatic carbocycles. The quantitative estimate of drug-likeness (QED) is 0.816. The lowest BCUT2D eigenvalue weighted by molar-refractivity contribution is -0.00862. The molecule has 0 atom stereocenters. The molecule has 4 heteroatoms. The van der Waals surface area contributed by atoms with E-state index >= 15 is 0 Å². The summed E-state index contributed by atoms with van der Waals surface area (Å²) in [7, 11) is 0. The summed E-state index contributed by atoms with van der Waals surface area (Å²) in [6.07, 6.45) is 2.96. The van der Waals surface area contributed by atoms with Gasteiger partial charge in [0.05, 0.1) is 6.10 Å². The SMILES string of the molecule is CCOC1CC(NC(=O)c2cccc(CCN)c2)C1. The summed E-state index contributed by atoms with van der Waals surface area (Å²) in [6, 6.07) is 7.92. The van der Waals surface area contributed by atoms with Crippen LogP contribution in [0.5, 0.6) is 0 Å². The Morgan fingerprint density at radius 2 is 2.26 bits per heavy atom. The lowest BCUT2D eigenvalue weighted by Crippen LogP contribution is -2.47. The molecule has 3 N–H and O–H groups in total. The molecule has 0 saturated heterocycles. The van der Waals surface area contributed by atoms with Gasteiger partial charge in [0.2, 0.25) is 0 Å². The highest BCUT2D eigenvalue weighted by atomic mass is 16.5. The normalized spacial score (nSPS) is 21.8. The lowest BCUT2D eigenvalue weighted by Gasteiger charge is -2.35. The van der Waals surface area contributed by atoms with Crippen molar-refractivity contribution in [2.45, 2.75) is 38.3 Å². The molecular formula is C15H22N2O2. The molecule has 0 heterocycles. The maximum absolute atomic E-state index is 12.1. The second-order valence-electron chi connectivity index (χ2n) is 4.96. The van der Waals surface area contributed by atoms with Crippen LogP contribution in [0.1, 0.15) is 35.7 Å². The standard InChI is InChI=1S/C15H22N2O2/c1-2-19-14-9-13(10-14)17-15(18)12-5-3-4-11(8-12)6-7-16/h3-5,8,13-14H,2,6-7,9-10,16H2,1H3,(H,17,18). The van der Waals surface area contributed by atoms with E-state index in [0.29, 0.717) is 18.2 Å². The molecule has 0 unspecified atom stereocenters. The van der Waals surface area contributed by atoms with Crippen molar-refractivity contribution in [1.82, 2.24) is 5.32 Å². The second kappa shape index (κ2) is 6.68. The zero-order chi connectivity index (χ0) is 13.7. The van der Waals surface area contributed by atoms with Gasteiger partial charge in [0.1, 0.15) is 0 Å². The summed E-state index contributed by atoms with van der Waals surface area (Å²) < 4.78 is 5.48. The number of carbonyl (C=O) groups is 1. The van der Waals surface area contributed by atoms with Gasteiger partial charge in [-0.1, -0.05) is 12.1 Å². The van der Waals surface area contributed by atoms with Crippen LogP contribution >= 0.6 is 0 Å². The van der Waals surface area contributed by atoms with Gasteiger partial charge in [-0.15, -0.1) is 0 Å².